The summed E-state index contributed by atoms with van der Waals surface area (Å²) in [5, 5.41) is -0.394. The first-order valence-corrected chi connectivity index (χ1v) is 4.13. The largest absolute Gasteiger partial charge is 0.364 e. The number of nitrogens with two attached hydrogens (primary N) is 1. The van der Waals surface area contributed by atoms with E-state index in [1.807, 2.05) is 0 Å². The van der Waals surface area contributed by atoms with Crippen LogP contribution in [0.1, 0.15) is 22.6 Å². The molecule has 14 heavy (non-hydrogen) atoms. The third kappa shape index (κ3) is 2.10. The van der Waals surface area contributed by atoms with Gasteiger partial charge in [-0.2, -0.15) is 0 Å². The Morgan fingerprint density at radius 1 is 1.50 bits per heavy atom. The van der Waals surface area contributed by atoms with E-state index in [1.165, 1.54) is 0 Å². The number of halogens is 4. The highest BCUT2D eigenvalue weighted by Gasteiger charge is 2.18. The maximum Gasteiger partial charge on any atom is 0.280 e. The maximum absolute atomic E-state index is 12.2. The Morgan fingerprint density at radius 2 is 2.07 bits per heavy atom. The van der Waals surface area contributed by atoms with Crippen molar-refractivity contribution in [3.8, 4) is 0 Å². The van der Waals surface area contributed by atoms with Gasteiger partial charge in [-0.3, -0.25) is 4.79 Å². The van der Waals surface area contributed by atoms with Crippen LogP contribution >= 0.6 is 23.2 Å². The monoisotopic (exact) mass is 240 g/mol. The van der Waals surface area contributed by atoms with Gasteiger partial charge in [0.25, 0.3) is 12.3 Å². The van der Waals surface area contributed by atoms with Gasteiger partial charge in [0.2, 0.25) is 0 Å². The van der Waals surface area contributed by atoms with E-state index in [1.54, 1.807) is 0 Å². The summed E-state index contributed by atoms with van der Waals surface area (Å²) in [4.78, 5) is 14.0. The van der Waals surface area contributed by atoms with Gasteiger partial charge in [-0.15, -0.1) is 0 Å². The van der Waals surface area contributed by atoms with Crippen molar-refractivity contribution in [1.29, 1.82) is 0 Å². The van der Waals surface area contributed by atoms with Crippen molar-refractivity contribution in [2.24, 2.45) is 5.73 Å². The molecule has 0 spiro atoms. The van der Waals surface area contributed by atoms with Crippen LogP contribution in [0, 0.1) is 0 Å². The molecule has 1 aromatic rings. The molecule has 1 aromatic heterocycles. The molecule has 0 atom stereocenters. The molecule has 0 saturated carbocycles. The predicted molar refractivity (Wildman–Crippen MR) is 47.7 cm³/mol. The normalized spacial score (nSPS) is 10.6. The highest BCUT2D eigenvalue weighted by atomic mass is 35.5. The van der Waals surface area contributed by atoms with Crippen LogP contribution in [0.3, 0.4) is 0 Å². The van der Waals surface area contributed by atoms with Crippen LogP contribution in [0.4, 0.5) is 8.78 Å². The molecule has 2 N–H and O–H groups in total. The molecular weight excluding hydrogens is 237 g/mol. The van der Waals surface area contributed by atoms with Crippen molar-refractivity contribution in [3.63, 3.8) is 0 Å². The number of nitrogens with zero attached hydrogens (tertiary/aromatic N) is 1. The fourth-order valence-electron chi connectivity index (χ4n) is 0.792. The minimum Gasteiger partial charge on any atom is -0.364 e. The van der Waals surface area contributed by atoms with Crippen molar-refractivity contribution < 1.29 is 13.6 Å². The van der Waals surface area contributed by atoms with Crippen LogP contribution in [0.25, 0.3) is 0 Å². The van der Waals surface area contributed by atoms with Crippen LogP contribution in [0.2, 0.25) is 10.0 Å². The fraction of sp³-hybridized carbons (Fsp3) is 0.143. The Hall–Kier alpha value is -0.940. The average Bonchev–Trinajstić information content (AvgIpc) is 2.08. The summed E-state index contributed by atoms with van der Waals surface area (Å²) in [6.07, 6.45) is -2.83. The molecule has 7 heteroatoms. The Morgan fingerprint density at radius 3 is 2.50 bits per heavy atom. The van der Waals surface area contributed by atoms with Crippen LogP contribution < -0.4 is 5.73 Å². The van der Waals surface area contributed by atoms with Crippen molar-refractivity contribution in [3.05, 3.63) is 27.5 Å². The standard InChI is InChI=1S/C7H4Cl2F2N2O/c8-2-1-3(6(10)11)13-5(4(2)9)7(12)14/h1,6H,(H2,12,14). The molecule has 0 bridgehead atoms. The van der Waals surface area contributed by atoms with Gasteiger partial charge in [0, 0.05) is 0 Å². The third-order valence-corrected chi connectivity index (χ3v) is 2.17. The van der Waals surface area contributed by atoms with Crippen LogP contribution in [0.5, 0.6) is 0 Å². The van der Waals surface area contributed by atoms with E-state index in [0.29, 0.717) is 0 Å². The van der Waals surface area contributed by atoms with Gasteiger partial charge >= 0.3 is 0 Å². The summed E-state index contributed by atoms with van der Waals surface area (Å²) in [6, 6.07) is 0.890. The molecule has 1 heterocycles. The van der Waals surface area contributed by atoms with E-state index in [9.17, 15) is 13.6 Å². The Labute approximate surface area is 87.8 Å². The third-order valence-electron chi connectivity index (χ3n) is 1.39. The SMILES string of the molecule is NC(=O)c1nc(C(F)F)cc(Cl)c1Cl. The summed E-state index contributed by atoms with van der Waals surface area (Å²) in [5.74, 6) is -1.00. The van der Waals surface area contributed by atoms with E-state index in [4.69, 9.17) is 28.9 Å². The highest BCUT2D eigenvalue weighted by molar-refractivity contribution is 6.43. The smallest absolute Gasteiger partial charge is 0.280 e. The zero-order valence-electron chi connectivity index (χ0n) is 6.60. The first-order chi connectivity index (χ1) is 6.43. The van der Waals surface area contributed by atoms with Crippen molar-refractivity contribution in [2.75, 3.05) is 0 Å². The molecule has 0 aliphatic carbocycles. The van der Waals surface area contributed by atoms with E-state index >= 15 is 0 Å². The molecule has 3 nitrogen and oxygen atoms in total. The van der Waals surface area contributed by atoms with Crippen molar-refractivity contribution >= 4 is 29.1 Å². The fourth-order valence-corrected chi connectivity index (χ4v) is 1.18. The second-order valence-corrected chi connectivity index (χ2v) is 3.14. The van der Waals surface area contributed by atoms with E-state index in [2.05, 4.69) is 4.98 Å². The maximum atomic E-state index is 12.2. The number of rotatable bonds is 2. The number of primary amides is 1. The molecule has 0 unspecified atom stereocenters. The van der Waals surface area contributed by atoms with Crippen LogP contribution in [-0.2, 0) is 0 Å². The quantitative estimate of drug-likeness (QED) is 0.864. The molecule has 0 fully saturated rings. The minimum absolute atomic E-state index is 0.175. The minimum atomic E-state index is -2.83. The van der Waals surface area contributed by atoms with Gasteiger partial charge in [0.15, 0.2) is 0 Å². The summed E-state index contributed by atoms with van der Waals surface area (Å²) in [6.45, 7) is 0. The average molecular weight is 241 g/mol. The Balaban J connectivity index is 3.35. The van der Waals surface area contributed by atoms with Gasteiger partial charge < -0.3 is 5.73 Å². The molecule has 0 aliphatic rings. The second kappa shape index (κ2) is 4.06. The Kier molecular flexibility index (Phi) is 3.23. The van der Waals surface area contributed by atoms with Crippen molar-refractivity contribution in [1.82, 2.24) is 4.98 Å². The molecule has 1 rings (SSSR count). The van der Waals surface area contributed by atoms with Crippen molar-refractivity contribution in [2.45, 2.75) is 6.43 Å². The molecule has 76 valence electrons. The zero-order valence-corrected chi connectivity index (χ0v) is 8.11. The van der Waals surface area contributed by atoms with Crippen LogP contribution in [0.15, 0.2) is 6.07 Å². The number of pyridine rings is 1. The Bertz CT molecular complexity index is 384. The van der Waals surface area contributed by atoms with Gasteiger partial charge in [-0.1, -0.05) is 23.2 Å². The van der Waals surface area contributed by atoms with Gasteiger partial charge in [-0.05, 0) is 6.07 Å². The lowest BCUT2D eigenvalue weighted by molar-refractivity contribution is 0.0993. The van der Waals surface area contributed by atoms with Gasteiger partial charge in [-0.25, -0.2) is 13.8 Å². The summed E-state index contributed by atoms with van der Waals surface area (Å²) >= 11 is 11.0. The molecule has 0 aliphatic heterocycles. The molecular formula is C7H4Cl2F2N2O. The first kappa shape index (κ1) is 11.1. The predicted octanol–water partition coefficient (Wildman–Crippen LogP) is 2.42. The molecule has 1 amide bonds. The lowest BCUT2D eigenvalue weighted by Crippen LogP contribution is -2.15. The van der Waals surface area contributed by atoms with E-state index < -0.39 is 23.7 Å². The molecule has 0 saturated heterocycles. The molecule has 0 radical (unpaired) electrons. The number of hydrogen-bond acceptors (Lipinski definition) is 2. The number of alkyl halides is 2. The first-order valence-electron chi connectivity index (χ1n) is 3.37. The zero-order chi connectivity index (χ0) is 10.9. The van der Waals surface area contributed by atoms with E-state index in [0.717, 1.165) is 6.07 Å². The molecule has 0 aromatic carbocycles. The number of amides is 1. The number of carbonyl (C=O) groups is 1. The van der Waals surface area contributed by atoms with Crippen LogP contribution in [-0.4, -0.2) is 10.9 Å². The summed E-state index contributed by atoms with van der Waals surface area (Å²) in [7, 11) is 0. The number of carbonyl (C=O) groups excluding carboxylic acids is 1. The number of aromatic nitrogens is 1. The van der Waals surface area contributed by atoms with Gasteiger partial charge in [0.1, 0.15) is 11.4 Å². The second-order valence-electron chi connectivity index (χ2n) is 2.36. The summed E-state index contributed by atoms with van der Waals surface area (Å²) < 4.78 is 24.4. The summed E-state index contributed by atoms with van der Waals surface area (Å²) in [5.41, 5.74) is 3.78. The lowest BCUT2D eigenvalue weighted by Gasteiger charge is -2.04. The van der Waals surface area contributed by atoms with Gasteiger partial charge in [0.05, 0.1) is 10.0 Å². The lowest BCUT2D eigenvalue weighted by atomic mass is 10.3. The number of hydrogen-bond donors (Lipinski definition) is 1. The van der Waals surface area contributed by atoms with E-state index in [-0.39, 0.29) is 10.0 Å². The topological polar surface area (TPSA) is 56.0 Å². The highest BCUT2D eigenvalue weighted by Crippen LogP contribution is 2.28.